The Morgan fingerprint density at radius 2 is 1.70 bits per heavy atom. The standard InChI is InChI=1S/C47H68N5O5/c1-12-15-34-35(57-38(54)31-40(6,7)39(55)56)17-19-42(9)45(34,48-10)25-22-41(8)44(13-2)24-23-43(30-37(53)52-28-26-50-27-29-52)20-16-33(32(4)5)47(43,51-14-3)36(44)18-21-46(41,42)49-11/h2,10-11,32-36,50H,3,12,15-31H2,1,4-9H3/q+1/p+1/t33-,34-,35-,36-,41-,42-,43?,44+,45+,46+,47-/m0/s1. The third-order valence-electron chi connectivity index (χ3n) is 17.8. The van der Waals surface area contributed by atoms with E-state index in [0.717, 1.165) is 51.6 Å². The molecule has 0 bridgehead atoms. The molecule has 6 aliphatic rings. The van der Waals surface area contributed by atoms with Crippen LogP contribution in [0.3, 0.4) is 0 Å². The molecule has 0 aromatic heterocycles. The molecule has 1 heterocycles. The number of fused-ring (bicyclic) bond motifs is 7. The second-order valence-corrected chi connectivity index (χ2v) is 20.3. The number of ether oxygens (including phenoxy) is 1. The molecule has 5 aliphatic carbocycles. The molecule has 0 spiro atoms. The van der Waals surface area contributed by atoms with Gasteiger partial charge in [0.15, 0.2) is 0 Å². The predicted octanol–water partition coefficient (Wildman–Crippen LogP) is 8.11. The molecule has 11 atom stereocenters. The number of esters is 1. The Labute approximate surface area is 342 Å². The Hall–Kier alpha value is -3.64. The monoisotopic (exact) mass is 784 g/mol. The number of carboxylic acid groups (broad SMARTS) is 1. The lowest BCUT2D eigenvalue weighted by Gasteiger charge is -2.71. The Kier molecular flexibility index (Phi) is 11.2. The van der Waals surface area contributed by atoms with Crippen molar-refractivity contribution < 1.29 is 24.2 Å². The van der Waals surface area contributed by atoms with E-state index in [4.69, 9.17) is 39.0 Å². The van der Waals surface area contributed by atoms with Crippen LogP contribution in [0.4, 0.5) is 0 Å². The van der Waals surface area contributed by atoms with Crippen molar-refractivity contribution in [1.82, 2.24) is 10.2 Å². The van der Waals surface area contributed by atoms with E-state index in [-0.39, 0.29) is 35.5 Å². The molecule has 1 unspecified atom stereocenters. The van der Waals surface area contributed by atoms with Gasteiger partial charge in [-0.2, -0.15) is 0 Å². The van der Waals surface area contributed by atoms with Gasteiger partial charge in [-0.1, -0.05) is 49.7 Å². The van der Waals surface area contributed by atoms with E-state index < -0.39 is 56.3 Å². The molecular weight excluding hydrogens is 715 g/mol. The van der Waals surface area contributed by atoms with Gasteiger partial charge in [0.25, 0.3) is 18.7 Å². The number of hydrogen-bond donors (Lipinski definition) is 2. The van der Waals surface area contributed by atoms with Gasteiger partial charge in [0.1, 0.15) is 11.5 Å². The third-order valence-corrected chi connectivity index (χ3v) is 17.8. The van der Waals surface area contributed by atoms with Gasteiger partial charge < -0.3 is 20.1 Å². The minimum Gasteiger partial charge on any atom is -0.481 e. The van der Waals surface area contributed by atoms with Crippen LogP contribution in [0.5, 0.6) is 0 Å². The van der Waals surface area contributed by atoms with Crippen molar-refractivity contribution in [3.05, 3.63) is 16.3 Å². The van der Waals surface area contributed by atoms with Crippen LogP contribution in [-0.4, -0.2) is 82.6 Å². The summed E-state index contributed by atoms with van der Waals surface area (Å²) in [5.74, 6) is 5.47. The van der Waals surface area contributed by atoms with E-state index >= 15 is 0 Å². The van der Waals surface area contributed by atoms with Crippen molar-refractivity contribution >= 4 is 23.7 Å². The summed E-state index contributed by atoms with van der Waals surface area (Å²) < 4.78 is 6.25. The van der Waals surface area contributed by atoms with Crippen molar-refractivity contribution in [2.45, 2.75) is 161 Å². The highest BCUT2D eigenvalue weighted by Crippen LogP contribution is 2.81. The van der Waals surface area contributed by atoms with Crippen LogP contribution in [0, 0.1) is 76.2 Å². The first-order valence-corrected chi connectivity index (χ1v) is 21.8. The maximum absolute atomic E-state index is 14.3. The number of terminal acetylenes is 1. The van der Waals surface area contributed by atoms with Crippen LogP contribution in [0.25, 0.3) is 9.69 Å². The molecule has 10 heteroatoms. The average Bonchev–Trinajstić information content (AvgIpc) is 3.50. The molecule has 2 N–H and O–H groups in total. The van der Waals surface area contributed by atoms with E-state index in [2.05, 4.69) is 58.3 Å². The lowest BCUT2D eigenvalue weighted by Crippen LogP contribution is -2.79. The second-order valence-electron chi connectivity index (χ2n) is 20.3. The number of hydrogen-bond acceptors (Lipinski definition) is 6. The lowest BCUT2D eigenvalue weighted by atomic mass is 9.28. The smallest absolute Gasteiger partial charge is 0.309 e. The van der Waals surface area contributed by atoms with Crippen LogP contribution in [0.2, 0.25) is 0 Å². The number of carbonyl (C=O) groups is 3. The van der Waals surface area contributed by atoms with E-state index in [0.29, 0.717) is 64.0 Å². The van der Waals surface area contributed by atoms with Crippen molar-refractivity contribution in [2.24, 2.45) is 55.7 Å². The number of amides is 1. The number of rotatable bonds is 10. The highest BCUT2D eigenvalue weighted by atomic mass is 16.5. The van der Waals surface area contributed by atoms with E-state index in [1.165, 1.54) is 0 Å². The Balaban J connectivity index is 1.46. The van der Waals surface area contributed by atoms with Crippen LogP contribution in [-0.2, 0) is 19.1 Å². The average molecular weight is 784 g/mol. The van der Waals surface area contributed by atoms with Gasteiger partial charge in [-0.05, 0) is 103 Å². The van der Waals surface area contributed by atoms with Gasteiger partial charge in [-0.25, -0.2) is 4.99 Å². The van der Waals surface area contributed by atoms with Gasteiger partial charge >= 0.3 is 17.5 Å². The normalized spacial score (nSPS) is 42.4. The Morgan fingerprint density at radius 3 is 2.28 bits per heavy atom. The molecule has 6 rings (SSSR count). The second kappa shape index (κ2) is 14.9. The highest BCUT2D eigenvalue weighted by Gasteiger charge is 2.90. The van der Waals surface area contributed by atoms with Gasteiger partial charge in [-0.15, -0.1) is 6.42 Å². The number of carbonyl (C=O) groups excluding carboxylic acids is 2. The number of aliphatic imine (C=N–C) groups is 1. The minimum absolute atomic E-state index is 0.0594. The third kappa shape index (κ3) is 5.65. The predicted molar refractivity (Wildman–Crippen MR) is 224 cm³/mol. The van der Waals surface area contributed by atoms with Crippen LogP contribution in [0.15, 0.2) is 11.6 Å². The summed E-state index contributed by atoms with van der Waals surface area (Å²) in [4.78, 5) is 57.1. The van der Waals surface area contributed by atoms with E-state index in [1.54, 1.807) is 13.8 Å². The first-order chi connectivity index (χ1) is 26.9. The lowest BCUT2D eigenvalue weighted by molar-refractivity contribution is -0.230. The zero-order valence-electron chi connectivity index (χ0n) is 35.9. The fourth-order valence-corrected chi connectivity index (χ4v) is 15.1. The molecule has 57 heavy (non-hydrogen) atoms. The van der Waals surface area contributed by atoms with E-state index in [1.807, 2.05) is 4.90 Å². The SMILES string of the molecule is C#C[C@@]12CCC3(CC(=O)N4CCNCC4)CC[C@@H](C(C)C)[C@]3(N=C=C)[C@H]1CC[C@@]1([N+]#C)[C@@]2(C)CC[C@@]2([N+]#C)[C@@H](CCC)[C@@H](OC(=O)CC(C)(C)C(=O)O)CC[C@]12C. The minimum atomic E-state index is -1.26. The first kappa shape index (κ1) is 43.0. The molecule has 310 valence electrons. The van der Waals surface area contributed by atoms with Crippen LogP contribution >= 0.6 is 0 Å². The zero-order chi connectivity index (χ0) is 41.9. The van der Waals surface area contributed by atoms with Crippen LogP contribution in [0.1, 0.15) is 138 Å². The summed E-state index contributed by atoms with van der Waals surface area (Å²) in [6, 6.07) is 0. The van der Waals surface area contributed by atoms with E-state index in [9.17, 15) is 19.5 Å². The largest absolute Gasteiger partial charge is 0.481 e. The van der Waals surface area contributed by atoms with Gasteiger partial charge in [-0.3, -0.25) is 14.4 Å². The molecule has 1 saturated heterocycles. The number of aliphatic carboxylic acids is 1. The zero-order valence-corrected chi connectivity index (χ0v) is 35.9. The summed E-state index contributed by atoms with van der Waals surface area (Å²) in [6.07, 6.45) is 15.5. The number of nitrogens with zero attached hydrogens (tertiary/aromatic N) is 4. The molecule has 5 saturated carbocycles. The summed E-state index contributed by atoms with van der Waals surface area (Å²) >= 11 is 0. The Morgan fingerprint density at radius 1 is 1.00 bits per heavy atom. The van der Waals surface area contributed by atoms with Crippen molar-refractivity contribution in [1.29, 1.82) is 0 Å². The molecule has 1 amide bonds. The Bertz CT molecular complexity index is 1810. The fraction of sp³-hybridized carbons (Fsp3) is 0.809. The number of piperazine rings is 1. The summed E-state index contributed by atoms with van der Waals surface area (Å²) in [5, 5.41) is 13.1. The molecule has 0 radical (unpaired) electrons. The topological polar surface area (TPSA) is 117 Å². The molecule has 10 nitrogen and oxygen atoms in total. The maximum Gasteiger partial charge on any atom is 0.309 e. The molecule has 0 aromatic carbocycles. The van der Waals surface area contributed by atoms with Gasteiger partial charge in [0, 0.05) is 62.2 Å². The summed E-state index contributed by atoms with van der Waals surface area (Å²) in [5.41, 5.74) is -5.87. The number of nitrogens with one attached hydrogen (secondary N) is 1. The van der Waals surface area contributed by atoms with Crippen LogP contribution < -0.4 is 5.32 Å². The van der Waals surface area contributed by atoms with Gasteiger partial charge in [0.05, 0.1) is 28.7 Å². The van der Waals surface area contributed by atoms with Crippen molar-refractivity contribution in [3.8, 4) is 25.5 Å². The number of carboxylic acids is 1. The molecule has 1 aliphatic heterocycles. The van der Waals surface area contributed by atoms with Crippen molar-refractivity contribution in [3.63, 3.8) is 0 Å². The quantitative estimate of drug-likeness (QED) is 0.131. The molecular formula is C47H69N5O5+2. The maximum atomic E-state index is 14.3. The fourth-order valence-electron chi connectivity index (χ4n) is 15.1. The van der Waals surface area contributed by atoms with Gasteiger partial charge in [0.2, 0.25) is 5.91 Å². The summed E-state index contributed by atoms with van der Waals surface area (Å²) in [6.45, 7) is 35.1. The van der Waals surface area contributed by atoms with Crippen molar-refractivity contribution in [2.75, 3.05) is 26.2 Å². The molecule has 0 aromatic rings. The first-order valence-electron chi connectivity index (χ1n) is 21.8. The highest BCUT2D eigenvalue weighted by molar-refractivity contribution is 5.81. The molecule has 6 fully saturated rings. The summed E-state index contributed by atoms with van der Waals surface area (Å²) in [7, 11) is 0.